The predicted octanol–water partition coefficient (Wildman–Crippen LogP) is 5.51. The Morgan fingerprint density at radius 3 is 2.20 bits per heavy atom. The van der Waals surface area contributed by atoms with Crippen LogP contribution in [0.5, 0.6) is 0 Å². The molecule has 1 atom stereocenters. The second kappa shape index (κ2) is 14.2. The third-order valence-corrected chi connectivity index (χ3v) is 4.87. The van der Waals surface area contributed by atoms with E-state index in [9.17, 15) is 4.79 Å². The number of hydrogen-bond acceptors (Lipinski definition) is 4. The van der Waals surface area contributed by atoms with Crippen LogP contribution in [0.1, 0.15) is 51.2 Å². The SMILES string of the molecule is CC(C)(C)OC=O.CCNC.Clc1ccc(C2CCN(Cc3ccccc3)C2)cc1. The Hall–Kier alpha value is -1.88. The van der Waals surface area contributed by atoms with Gasteiger partial charge in [-0.1, -0.05) is 61.0 Å². The summed E-state index contributed by atoms with van der Waals surface area (Å²) in [6.07, 6.45) is 1.24. The van der Waals surface area contributed by atoms with Gasteiger partial charge in [-0.2, -0.15) is 0 Å². The first-order valence-corrected chi connectivity index (χ1v) is 10.9. The van der Waals surface area contributed by atoms with E-state index in [2.05, 4.69) is 64.3 Å². The molecule has 1 aliphatic rings. The Morgan fingerprint density at radius 2 is 1.73 bits per heavy atom. The lowest BCUT2D eigenvalue weighted by atomic mass is 9.99. The molecule has 1 heterocycles. The minimum absolute atomic E-state index is 0.318. The van der Waals surface area contributed by atoms with Gasteiger partial charge in [0.2, 0.25) is 0 Å². The molecule has 2 aromatic carbocycles. The van der Waals surface area contributed by atoms with E-state index in [1.165, 1.54) is 24.1 Å². The minimum Gasteiger partial charge on any atom is -0.462 e. The van der Waals surface area contributed by atoms with Crippen molar-refractivity contribution in [2.24, 2.45) is 0 Å². The van der Waals surface area contributed by atoms with Crippen LogP contribution < -0.4 is 5.32 Å². The maximum absolute atomic E-state index is 9.60. The van der Waals surface area contributed by atoms with E-state index in [-0.39, 0.29) is 5.60 Å². The summed E-state index contributed by atoms with van der Waals surface area (Å²) >= 11 is 5.94. The number of likely N-dealkylation sites (tertiary alicyclic amines) is 1. The van der Waals surface area contributed by atoms with Crippen molar-refractivity contribution in [2.45, 2.75) is 52.2 Å². The molecule has 1 N–H and O–H groups in total. The lowest BCUT2D eigenvalue weighted by molar-refractivity contribution is -0.138. The molecule has 0 saturated carbocycles. The quantitative estimate of drug-likeness (QED) is 0.632. The normalized spacial score (nSPS) is 16.0. The van der Waals surface area contributed by atoms with Crippen LogP contribution in [0, 0.1) is 0 Å². The summed E-state index contributed by atoms with van der Waals surface area (Å²) in [5, 5.41) is 3.75. The number of nitrogens with zero attached hydrogens (tertiary/aromatic N) is 1. The molecule has 2 aromatic rings. The van der Waals surface area contributed by atoms with E-state index < -0.39 is 0 Å². The Morgan fingerprint density at radius 1 is 1.13 bits per heavy atom. The van der Waals surface area contributed by atoms with Gasteiger partial charge in [-0.3, -0.25) is 9.69 Å². The molecule has 0 spiro atoms. The molecular weight excluding hydrogens is 396 g/mol. The van der Waals surface area contributed by atoms with E-state index in [4.69, 9.17) is 11.6 Å². The molecular formula is C25H37ClN2O2. The number of carbonyl (C=O) groups is 1. The van der Waals surface area contributed by atoms with Gasteiger partial charge in [-0.25, -0.2) is 0 Å². The zero-order valence-electron chi connectivity index (χ0n) is 19.0. The zero-order chi connectivity index (χ0) is 22.4. The molecule has 0 radical (unpaired) electrons. The maximum Gasteiger partial charge on any atom is 0.293 e. The molecule has 1 saturated heterocycles. The van der Waals surface area contributed by atoms with Gasteiger partial charge in [0.15, 0.2) is 0 Å². The van der Waals surface area contributed by atoms with Gasteiger partial charge in [0.25, 0.3) is 6.47 Å². The number of halogens is 1. The van der Waals surface area contributed by atoms with Crippen molar-refractivity contribution >= 4 is 18.1 Å². The largest absolute Gasteiger partial charge is 0.462 e. The van der Waals surface area contributed by atoms with Crippen LogP contribution in [0.15, 0.2) is 54.6 Å². The van der Waals surface area contributed by atoms with Gasteiger partial charge in [-0.15, -0.1) is 0 Å². The molecule has 0 bridgehead atoms. The number of hydrogen-bond donors (Lipinski definition) is 1. The van der Waals surface area contributed by atoms with Crippen LogP contribution in [-0.4, -0.2) is 43.7 Å². The van der Waals surface area contributed by atoms with Gasteiger partial charge < -0.3 is 10.1 Å². The fourth-order valence-corrected chi connectivity index (χ4v) is 3.10. The van der Waals surface area contributed by atoms with Gasteiger partial charge in [-0.05, 0) is 76.5 Å². The molecule has 0 amide bonds. The van der Waals surface area contributed by atoms with E-state index in [0.717, 1.165) is 24.7 Å². The van der Waals surface area contributed by atoms with Crippen molar-refractivity contribution in [3.63, 3.8) is 0 Å². The average Bonchev–Trinajstić information content (AvgIpc) is 3.17. The second-order valence-corrected chi connectivity index (χ2v) is 8.73. The van der Waals surface area contributed by atoms with Crippen LogP contribution in [0.3, 0.4) is 0 Å². The smallest absolute Gasteiger partial charge is 0.293 e. The van der Waals surface area contributed by atoms with Crippen LogP contribution in [0.25, 0.3) is 0 Å². The lowest BCUT2D eigenvalue weighted by Crippen LogP contribution is -2.19. The number of nitrogens with one attached hydrogen (secondary N) is 1. The third kappa shape index (κ3) is 11.3. The van der Waals surface area contributed by atoms with Crippen LogP contribution >= 0.6 is 11.6 Å². The first-order chi connectivity index (χ1) is 14.3. The lowest BCUT2D eigenvalue weighted by Gasteiger charge is -2.16. The molecule has 1 fully saturated rings. The summed E-state index contributed by atoms with van der Waals surface area (Å²) in [7, 11) is 1.93. The summed E-state index contributed by atoms with van der Waals surface area (Å²) in [4.78, 5) is 12.1. The van der Waals surface area contributed by atoms with Gasteiger partial charge >= 0.3 is 0 Å². The van der Waals surface area contributed by atoms with Crippen LogP contribution in [0.2, 0.25) is 5.02 Å². The highest BCUT2D eigenvalue weighted by Crippen LogP contribution is 2.28. The minimum atomic E-state index is -0.318. The molecule has 3 rings (SSSR count). The molecule has 30 heavy (non-hydrogen) atoms. The molecule has 166 valence electrons. The molecule has 5 heteroatoms. The molecule has 0 aliphatic carbocycles. The van der Waals surface area contributed by atoms with Crippen LogP contribution in [-0.2, 0) is 16.1 Å². The summed E-state index contributed by atoms with van der Waals surface area (Å²) < 4.78 is 4.55. The van der Waals surface area contributed by atoms with Gasteiger partial charge in [0, 0.05) is 18.1 Å². The van der Waals surface area contributed by atoms with Crippen molar-refractivity contribution in [3.8, 4) is 0 Å². The fourth-order valence-electron chi connectivity index (χ4n) is 2.97. The zero-order valence-corrected chi connectivity index (χ0v) is 19.8. The average molecular weight is 433 g/mol. The highest BCUT2D eigenvalue weighted by molar-refractivity contribution is 6.30. The topological polar surface area (TPSA) is 41.6 Å². The summed E-state index contributed by atoms with van der Waals surface area (Å²) in [6.45, 7) is 12.5. The van der Waals surface area contributed by atoms with Crippen molar-refractivity contribution in [1.82, 2.24) is 10.2 Å². The summed E-state index contributed by atoms with van der Waals surface area (Å²) in [5.74, 6) is 0.654. The maximum atomic E-state index is 9.60. The first-order valence-electron chi connectivity index (χ1n) is 10.6. The Kier molecular flexibility index (Phi) is 12.4. The Bertz CT molecular complexity index is 697. The van der Waals surface area contributed by atoms with E-state index >= 15 is 0 Å². The van der Waals surface area contributed by atoms with Crippen LogP contribution in [0.4, 0.5) is 0 Å². The highest BCUT2D eigenvalue weighted by Gasteiger charge is 2.23. The molecule has 1 unspecified atom stereocenters. The number of ether oxygens (including phenoxy) is 1. The number of rotatable bonds is 5. The van der Waals surface area contributed by atoms with Crippen molar-refractivity contribution in [3.05, 3.63) is 70.7 Å². The second-order valence-electron chi connectivity index (χ2n) is 8.29. The van der Waals surface area contributed by atoms with E-state index in [0.29, 0.717) is 12.4 Å². The van der Waals surface area contributed by atoms with Crippen molar-refractivity contribution < 1.29 is 9.53 Å². The summed E-state index contributed by atoms with van der Waals surface area (Å²) in [6, 6.07) is 19.0. The van der Waals surface area contributed by atoms with Crippen molar-refractivity contribution in [2.75, 3.05) is 26.7 Å². The van der Waals surface area contributed by atoms with E-state index in [1.54, 1.807) is 0 Å². The Labute approximate surface area is 187 Å². The van der Waals surface area contributed by atoms with Crippen molar-refractivity contribution in [1.29, 1.82) is 0 Å². The molecule has 1 aliphatic heterocycles. The molecule has 0 aromatic heterocycles. The van der Waals surface area contributed by atoms with E-state index in [1.807, 2.05) is 40.0 Å². The number of carbonyl (C=O) groups excluding carboxylic acids is 1. The summed E-state index contributed by atoms with van der Waals surface area (Å²) in [5.41, 5.74) is 2.50. The monoisotopic (exact) mass is 432 g/mol. The standard InChI is InChI=1S/C17H18ClN.C5H10O2.C3H9N/c18-17-8-6-15(7-9-17)16-10-11-19(13-16)12-14-4-2-1-3-5-14;1-5(2,3)7-4-6;1-3-4-2/h1-9,16H,10-13H2;4H,1-3H3;4H,3H2,1-2H3. The van der Waals surface area contributed by atoms with Gasteiger partial charge in [0.05, 0.1) is 0 Å². The Balaban J connectivity index is 0.000000343. The molecule has 4 nitrogen and oxygen atoms in total. The highest BCUT2D eigenvalue weighted by atomic mass is 35.5. The fraction of sp³-hybridized carbons (Fsp3) is 0.480. The first kappa shape index (κ1) is 26.2. The van der Waals surface area contributed by atoms with Gasteiger partial charge in [0.1, 0.15) is 5.60 Å². The number of benzene rings is 2. The third-order valence-electron chi connectivity index (χ3n) is 4.62. The predicted molar refractivity (Wildman–Crippen MR) is 127 cm³/mol.